The van der Waals surface area contributed by atoms with Crippen molar-refractivity contribution in [2.45, 2.75) is 43.8 Å². The first-order chi connectivity index (χ1) is 11.2. The van der Waals surface area contributed by atoms with E-state index in [1.54, 1.807) is 7.11 Å². The van der Waals surface area contributed by atoms with E-state index >= 15 is 0 Å². The molecule has 0 radical (unpaired) electrons. The Bertz CT molecular complexity index is 727. The van der Waals surface area contributed by atoms with E-state index in [2.05, 4.69) is 27.5 Å². The number of hydrogen-bond acceptors (Lipinski definition) is 4. The second-order valence-electron chi connectivity index (χ2n) is 6.68. The van der Waals surface area contributed by atoms with Gasteiger partial charge < -0.3 is 15.0 Å². The molecular formula is C17H22N4O2. The molecule has 3 atom stereocenters. The van der Waals surface area contributed by atoms with Crippen molar-refractivity contribution in [3.63, 3.8) is 0 Å². The maximum Gasteiger partial charge on any atom is 0.272 e. The van der Waals surface area contributed by atoms with E-state index < -0.39 is 0 Å². The lowest BCUT2D eigenvalue weighted by Crippen LogP contribution is -2.48. The molecule has 2 aliphatic rings. The molecule has 0 unspecified atom stereocenters. The van der Waals surface area contributed by atoms with Crippen LogP contribution >= 0.6 is 0 Å². The highest BCUT2D eigenvalue weighted by Gasteiger charge is 2.39. The van der Waals surface area contributed by atoms with Crippen molar-refractivity contribution < 1.29 is 9.53 Å². The van der Waals surface area contributed by atoms with E-state index in [1.807, 2.05) is 18.2 Å². The van der Waals surface area contributed by atoms with E-state index in [1.165, 1.54) is 12.8 Å². The third-order valence-electron chi connectivity index (χ3n) is 5.42. The predicted molar refractivity (Wildman–Crippen MR) is 87.7 cm³/mol. The Hall–Kier alpha value is -2.08. The molecule has 23 heavy (non-hydrogen) atoms. The van der Waals surface area contributed by atoms with E-state index in [9.17, 15) is 4.79 Å². The van der Waals surface area contributed by atoms with Crippen LogP contribution in [-0.2, 0) is 0 Å². The van der Waals surface area contributed by atoms with Gasteiger partial charge in [0, 0.05) is 23.5 Å². The van der Waals surface area contributed by atoms with Crippen LogP contribution in [0.5, 0.6) is 5.75 Å². The number of benzene rings is 1. The van der Waals surface area contributed by atoms with Crippen LogP contribution in [-0.4, -0.2) is 53.3 Å². The number of piperidine rings is 1. The van der Waals surface area contributed by atoms with Crippen molar-refractivity contribution in [1.82, 2.24) is 20.4 Å². The Morgan fingerprint density at radius 1 is 1.35 bits per heavy atom. The molecule has 2 fully saturated rings. The van der Waals surface area contributed by atoms with Crippen molar-refractivity contribution in [1.29, 1.82) is 0 Å². The van der Waals surface area contributed by atoms with Crippen LogP contribution in [0.4, 0.5) is 0 Å². The summed E-state index contributed by atoms with van der Waals surface area (Å²) in [5, 5.41) is 11.1. The number of carbonyl (C=O) groups is 1. The van der Waals surface area contributed by atoms with Gasteiger partial charge in [0.05, 0.1) is 12.6 Å². The van der Waals surface area contributed by atoms with Crippen LogP contribution in [0.3, 0.4) is 0 Å². The molecule has 122 valence electrons. The average Bonchev–Trinajstić information content (AvgIpc) is 3.04. The number of nitrogens with one attached hydrogen (secondary N) is 2. The number of hydrogen-bond donors (Lipinski definition) is 2. The first-order valence-electron chi connectivity index (χ1n) is 8.20. The molecule has 4 rings (SSSR count). The number of nitrogens with zero attached hydrogens (tertiary/aromatic N) is 2. The Morgan fingerprint density at radius 3 is 2.78 bits per heavy atom. The van der Waals surface area contributed by atoms with Crippen LogP contribution in [0.2, 0.25) is 0 Å². The Labute approximate surface area is 135 Å². The third kappa shape index (κ3) is 2.47. The van der Waals surface area contributed by atoms with Gasteiger partial charge in [0.25, 0.3) is 5.91 Å². The summed E-state index contributed by atoms with van der Waals surface area (Å²) in [6.07, 6.45) is 4.56. The maximum atomic E-state index is 12.7. The van der Waals surface area contributed by atoms with Gasteiger partial charge in [-0.3, -0.25) is 9.89 Å². The summed E-state index contributed by atoms with van der Waals surface area (Å²) in [5.41, 5.74) is 1.30. The molecule has 1 aromatic carbocycles. The van der Waals surface area contributed by atoms with Crippen LogP contribution in [0, 0.1) is 0 Å². The number of methoxy groups -OCH3 is 1. The second kappa shape index (κ2) is 5.53. The second-order valence-corrected chi connectivity index (χ2v) is 6.68. The number of ether oxygens (including phenoxy) is 1. The highest BCUT2D eigenvalue weighted by molar-refractivity contribution is 6.05. The Kier molecular flexibility index (Phi) is 3.49. The predicted octanol–water partition coefficient (Wildman–Crippen LogP) is 1.93. The molecule has 6 heteroatoms. The third-order valence-corrected chi connectivity index (χ3v) is 5.42. The van der Waals surface area contributed by atoms with E-state index in [4.69, 9.17) is 4.74 Å². The van der Waals surface area contributed by atoms with Crippen molar-refractivity contribution in [3.8, 4) is 5.75 Å². The largest absolute Gasteiger partial charge is 0.497 e. The van der Waals surface area contributed by atoms with Crippen molar-refractivity contribution in [2.75, 3.05) is 14.2 Å². The summed E-state index contributed by atoms with van der Waals surface area (Å²) < 4.78 is 5.25. The Morgan fingerprint density at radius 2 is 2.09 bits per heavy atom. The molecule has 2 saturated heterocycles. The average molecular weight is 314 g/mol. The first-order valence-corrected chi connectivity index (χ1v) is 8.20. The lowest BCUT2D eigenvalue weighted by molar-refractivity contribution is 0.0879. The normalized spacial score (nSPS) is 27.3. The van der Waals surface area contributed by atoms with Gasteiger partial charge in [0.2, 0.25) is 0 Å². The van der Waals surface area contributed by atoms with Crippen molar-refractivity contribution in [3.05, 3.63) is 23.9 Å². The number of fused-ring (bicyclic) bond motifs is 3. The summed E-state index contributed by atoms with van der Waals surface area (Å²) in [7, 11) is 3.82. The molecule has 0 spiro atoms. The number of aromatic nitrogens is 2. The number of H-pyrrole nitrogens is 1. The van der Waals surface area contributed by atoms with Crippen LogP contribution < -0.4 is 10.1 Å². The number of carbonyl (C=O) groups excluding carboxylic acids is 1. The van der Waals surface area contributed by atoms with Gasteiger partial charge in [-0.1, -0.05) is 0 Å². The lowest BCUT2D eigenvalue weighted by Gasteiger charge is -2.36. The smallest absolute Gasteiger partial charge is 0.272 e. The van der Waals surface area contributed by atoms with Gasteiger partial charge >= 0.3 is 0 Å². The summed E-state index contributed by atoms with van der Waals surface area (Å²) in [6.45, 7) is 0. The zero-order valence-electron chi connectivity index (χ0n) is 13.5. The Balaban J connectivity index is 1.53. The van der Waals surface area contributed by atoms with Gasteiger partial charge in [-0.25, -0.2) is 0 Å². The van der Waals surface area contributed by atoms with Crippen molar-refractivity contribution >= 4 is 16.8 Å². The SMILES string of the molecule is COc1ccc2[nH]nc(C(=O)N[C@@H]3C[C@H]4CC[C@@H](C3)N4C)c2c1. The van der Waals surface area contributed by atoms with Gasteiger partial charge in [-0.05, 0) is 50.9 Å². The molecule has 0 saturated carbocycles. The van der Waals surface area contributed by atoms with Gasteiger partial charge in [-0.15, -0.1) is 0 Å². The zero-order valence-corrected chi connectivity index (χ0v) is 13.5. The fourth-order valence-electron chi connectivity index (χ4n) is 4.08. The van der Waals surface area contributed by atoms with Crippen molar-refractivity contribution in [2.24, 2.45) is 0 Å². The maximum absolute atomic E-state index is 12.7. The minimum atomic E-state index is -0.0987. The highest BCUT2D eigenvalue weighted by Crippen LogP contribution is 2.34. The number of rotatable bonds is 3. The first kappa shape index (κ1) is 14.5. The molecule has 2 N–H and O–H groups in total. The van der Waals surface area contributed by atoms with Crippen LogP contribution in [0.25, 0.3) is 10.9 Å². The van der Waals surface area contributed by atoms with Crippen LogP contribution in [0.15, 0.2) is 18.2 Å². The number of amides is 1. The van der Waals surface area contributed by atoms with Crippen LogP contribution in [0.1, 0.15) is 36.2 Å². The van der Waals surface area contributed by atoms with Gasteiger partial charge in [0.1, 0.15) is 5.75 Å². The molecule has 1 amide bonds. The summed E-state index contributed by atoms with van der Waals surface area (Å²) in [6, 6.07) is 7.05. The molecule has 3 heterocycles. The molecule has 1 aromatic heterocycles. The molecular weight excluding hydrogens is 292 g/mol. The fraction of sp³-hybridized carbons (Fsp3) is 0.529. The van der Waals surface area contributed by atoms with E-state index in [0.717, 1.165) is 29.5 Å². The number of aromatic amines is 1. The molecule has 2 aromatic rings. The lowest BCUT2D eigenvalue weighted by atomic mass is 9.98. The van der Waals surface area contributed by atoms with E-state index in [-0.39, 0.29) is 11.9 Å². The minimum Gasteiger partial charge on any atom is -0.497 e. The quantitative estimate of drug-likeness (QED) is 0.908. The highest BCUT2D eigenvalue weighted by atomic mass is 16.5. The summed E-state index contributed by atoms with van der Waals surface area (Å²) in [5.74, 6) is 0.628. The summed E-state index contributed by atoms with van der Waals surface area (Å²) >= 11 is 0. The zero-order chi connectivity index (χ0) is 16.0. The van der Waals surface area contributed by atoms with E-state index in [0.29, 0.717) is 17.8 Å². The van der Waals surface area contributed by atoms with Gasteiger partial charge in [-0.2, -0.15) is 5.10 Å². The molecule has 0 aliphatic carbocycles. The topological polar surface area (TPSA) is 70.2 Å². The summed E-state index contributed by atoms with van der Waals surface area (Å²) in [4.78, 5) is 15.1. The molecule has 2 aliphatic heterocycles. The van der Waals surface area contributed by atoms with Gasteiger partial charge in [0.15, 0.2) is 5.69 Å². The monoisotopic (exact) mass is 314 g/mol. The standard InChI is InChI=1S/C17H22N4O2/c1-21-11-3-4-12(21)8-10(7-11)18-17(22)16-14-9-13(23-2)5-6-15(14)19-20-16/h5-6,9-12H,3-4,7-8H2,1-2H3,(H,18,22)(H,19,20)/t10-,11-,12+. The minimum absolute atomic E-state index is 0.0987. The molecule has 2 bridgehead atoms. The molecule has 6 nitrogen and oxygen atoms in total. The fourth-order valence-corrected chi connectivity index (χ4v) is 4.08.